The number of nitrogens with zero attached hydrogens (tertiary/aromatic N) is 2. The molecule has 8 nitrogen and oxygen atoms in total. The van der Waals surface area contributed by atoms with E-state index in [-0.39, 0.29) is 5.25 Å². The Hall–Kier alpha value is -1.84. The number of carboxylic acids is 1. The van der Waals surface area contributed by atoms with Crippen LogP contribution < -0.4 is 14.7 Å². The first-order valence-electron chi connectivity index (χ1n) is 14.3. The van der Waals surface area contributed by atoms with Gasteiger partial charge < -0.3 is 24.4 Å². The van der Waals surface area contributed by atoms with E-state index in [0.717, 1.165) is 44.8 Å². The van der Waals surface area contributed by atoms with E-state index in [2.05, 4.69) is 25.7 Å². The maximum absolute atomic E-state index is 13.2. The predicted octanol–water partition coefficient (Wildman–Crippen LogP) is 4.44. The highest BCUT2D eigenvalue weighted by atomic mass is 32.2. The van der Waals surface area contributed by atoms with Gasteiger partial charge in [-0.3, -0.25) is 4.72 Å². The van der Waals surface area contributed by atoms with Crippen molar-refractivity contribution in [2.45, 2.75) is 102 Å². The minimum Gasteiger partial charge on any atom is -0.550 e. The van der Waals surface area contributed by atoms with Crippen LogP contribution >= 0.6 is 0 Å². The topological polar surface area (TPSA) is 110 Å². The maximum atomic E-state index is 13.2. The van der Waals surface area contributed by atoms with Crippen molar-refractivity contribution >= 4 is 27.4 Å². The number of nitrogens with one attached hydrogen (secondary N) is 1. The molecule has 1 aromatic rings. The van der Waals surface area contributed by atoms with E-state index in [9.17, 15) is 13.5 Å². The second-order valence-electron chi connectivity index (χ2n) is 11.5. The summed E-state index contributed by atoms with van der Waals surface area (Å²) < 4.78 is 29.9. The third kappa shape index (κ3) is 13.3. The lowest BCUT2D eigenvalue weighted by molar-refractivity contribution is -0.894. The number of aliphatic hydroxyl groups is 1. The molecule has 0 heterocycles. The molecule has 0 aliphatic heterocycles. The van der Waals surface area contributed by atoms with Gasteiger partial charge in [0.25, 0.3) is 0 Å². The Morgan fingerprint density at radius 1 is 1.08 bits per heavy atom. The zero-order valence-corrected chi connectivity index (χ0v) is 25.5. The summed E-state index contributed by atoms with van der Waals surface area (Å²) >= 11 is 0. The van der Waals surface area contributed by atoms with Crippen molar-refractivity contribution in [3.63, 3.8) is 0 Å². The molecule has 0 saturated heterocycles. The van der Waals surface area contributed by atoms with Gasteiger partial charge in [0.2, 0.25) is 10.0 Å². The van der Waals surface area contributed by atoms with Gasteiger partial charge in [-0.25, -0.2) is 8.42 Å². The molecular weight excluding hydrogens is 502 g/mol. The second-order valence-corrected chi connectivity index (χ2v) is 13.5. The Morgan fingerprint density at radius 3 is 2.18 bits per heavy atom. The molecular formula is C29H53N3O5S. The zero-order chi connectivity index (χ0) is 28.8. The Morgan fingerprint density at radius 2 is 1.63 bits per heavy atom. The molecule has 0 aromatic heterocycles. The van der Waals surface area contributed by atoms with Crippen LogP contribution in [0.3, 0.4) is 0 Å². The Bertz CT molecular complexity index is 924. The fraction of sp³-hybridized carbons (Fsp3) is 0.759. The summed E-state index contributed by atoms with van der Waals surface area (Å²) in [5, 5.41) is 19.7. The van der Waals surface area contributed by atoms with E-state index < -0.39 is 22.1 Å². The van der Waals surface area contributed by atoms with E-state index >= 15 is 0 Å². The third-order valence-corrected chi connectivity index (χ3v) is 9.04. The maximum Gasteiger partial charge on any atom is 0.235 e. The number of sulfonamides is 1. The van der Waals surface area contributed by atoms with Gasteiger partial charge in [0.05, 0.1) is 31.6 Å². The van der Waals surface area contributed by atoms with E-state index in [0.29, 0.717) is 35.1 Å². The normalized spacial score (nSPS) is 15.3. The number of carbonyl (C=O) groups is 1. The summed E-state index contributed by atoms with van der Waals surface area (Å²) in [6.45, 7) is 4.77. The highest BCUT2D eigenvalue weighted by Crippen LogP contribution is 2.32. The SMILES string of the molecule is CC(=O)[O-].CCCCCCCCC[N+](C)(C)CC(O)c1ccc(N(C)C)cc1NS(=O)(=O)C1CCCCC1. The summed E-state index contributed by atoms with van der Waals surface area (Å²) in [7, 11) is 4.69. The van der Waals surface area contributed by atoms with Gasteiger partial charge >= 0.3 is 0 Å². The van der Waals surface area contributed by atoms with Crippen molar-refractivity contribution in [2.75, 3.05) is 50.9 Å². The van der Waals surface area contributed by atoms with Crippen molar-refractivity contribution in [2.24, 2.45) is 0 Å². The summed E-state index contributed by atoms with van der Waals surface area (Å²) in [5.74, 6) is -1.08. The highest BCUT2D eigenvalue weighted by molar-refractivity contribution is 7.93. The third-order valence-electron chi connectivity index (χ3n) is 7.19. The number of aliphatic carboxylic acids is 1. The molecule has 220 valence electrons. The van der Waals surface area contributed by atoms with Gasteiger partial charge in [-0.2, -0.15) is 0 Å². The second kappa shape index (κ2) is 17.0. The van der Waals surface area contributed by atoms with Gasteiger partial charge in [-0.05, 0) is 44.7 Å². The molecule has 2 N–H and O–H groups in total. The van der Waals surface area contributed by atoms with Crippen molar-refractivity contribution in [1.29, 1.82) is 0 Å². The molecule has 1 aromatic carbocycles. The van der Waals surface area contributed by atoms with Crippen molar-refractivity contribution in [3.05, 3.63) is 23.8 Å². The summed E-state index contributed by atoms with van der Waals surface area (Å²) in [6, 6.07) is 5.69. The largest absolute Gasteiger partial charge is 0.550 e. The van der Waals surface area contributed by atoms with Crippen molar-refractivity contribution < 1.29 is 27.9 Å². The Kier molecular flexibility index (Phi) is 15.3. The molecule has 1 aliphatic carbocycles. The summed E-state index contributed by atoms with van der Waals surface area (Å²) in [5.41, 5.74) is 2.09. The number of rotatable bonds is 15. The number of likely N-dealkylation sites (N-methyl/N-ethyl adjacent to an activating group) is 1. The number of anilines is 2. The van der Waals surface area contributed by atoms with Crippen LogP contribution in [-0.4, -0.2) is 70.5 Å². The first-order valence-corrected chi connectivity index (χ1v) is 15.8. The van der Waals surface area contributed by atoms with Crippen LogP contribution in [0.15, 0.2) is 18.2 Å². The van der Waals surface area contributed by atoms with Gasteiger partial charge in [-0.1, -0.05) is 64.4 Å². The number of quaternary nitrogens is 1. The first-order chi connectivity index (χ1) is 17.8. The fourth-order valence-corrected chi connectivity index (χ4v) is 6.57. The van der Waals surface area contributed by atoms with Gasteiger partial charge in [0, 0.05) is 31.3 Å². The molecule has 0 bridgehead atoms. The van der Waals surface area contributed by atoms with E-state index in [1.54, 1.807) is 0 Å². The van der Waals surface area contributed by atoms with Crippen molar-refractivity contribution in [3.8, 4) is 0 Å². The smallest absolute Gasteiger partial charge is 0.235 e. The monoisotopic (exact) mass is 555 g/mol. The molecule has 1 atom stereocenters. The number of aliphatic hydroxyl groups excluding tert-OH is 1. The molecule has 1 unspecified atom stereocenters. The van der Waals surface area contributed by atoms with Crippen LogP contribution in [0.2, 0.25) is 0 Å². The van der Waals surface area contributed by atoms with Crippen molar-refractivity contribution in [1.82, 2.24) is 0 Å². The number of hydrogen-bond acceptors (Lipinski definition) is 6. The van der Waals surface area contributed by atoms with Crippen LogP contribution in [0.5, 0.6) is 0 Å². The standard InChI is InChI=1S/C27H50N3O3S.C2H4O2/c1-6-7-8-9-10-11-15-20-30(4,5)22-27(31)25-19-18-23(29(2)3)21-26(25)28-34(32,33)24-16-13-12-14-17-24;1-2(3)4/h18-19,21,24,27-28,31H,6-17,20,22H2,1-5H3;1H3,(H,3,4)/q+1;/p-1. The Balaban J connectivity index is 0.00000168. The quantitative estimate of drug-likeness (QED) is 0.245. The number of benzene rings is 1. The fourth-order valence-electron chi connectivity index (χ4n) is 4.97. The number of carbonyl (C=O) groups excluding carboxylic acids is 1. The molecule has 0 radical (unpaired) electrons. The molecule has 0 spiro atoms. The minimum atomic E-state index is -3.49. The molecule has 9 heteroatoms. The molecule has 1 fully saturated rings. The van der Waals surface area contributed by atoms with Crippen LogP contribution in [-0.2, 0) is 14.8 Å². The molecule has 1 saturated carbocycles. The Labute approximate surface area is 232 Å². The number of unbranched alkanes of at least 4 members (excludes halogenated alkanes) is 6. The predicted molar refractivity (Wildman–Crippen MR) is 156 cm³/mol. The van der Waals surface area contributed by atoms with E-state index in [1.165, 1.54) is 38.5 Å². The highest BCUT2D eigenvalue weighted by Gasteiger charge is 2.30. The summed E-state index contributed by atoms with van der Waals surface area (Å²) in [6.07, 6.45) is 12.6. The number of carboxylic acid groups (broad SMARTS) is 1. The first kappa shape index (κ1) is 34.2. The lowest BCUT2D eigenvalue weighted by atomic mass is 10.0. The molecule has 1 aliphatic rings. The van der Waals surface area contributed by atoms with Crippen LogP contribution in [0.1, 0.15) is 103 Å². The molecule has 0 amide bonds. The van der Waals surface area contributed by atoms with E-state index in [1.807, 2.05) is 37.2 Å². The molecule has 38 heavy (non-hydrogen) atoms. The summed E-state index contributed by atoms with van der Waals surface area (Å²) in [4.78, 5) is 10.8. The van der Waals surface area contributed by atoms with Crippen LogP contribution in [0.4, 0.5) is 11.4 Å². The van der Waals surface area contributed by atoms with Crippen LogP contribution in [0, 0.1) is 0 Å². The van der Waals surface area contributed by atoms with Gasteiger partial charge in [-0.15, -0.1) is 0 Å². The average molecular weight is 556 g/mol. The van der Waals surface area contributed by atoms with Gasteiger partial charge in [0.1, 0.15) is 12.6 Å². The van der Waals surface area contributed by atoms with E-state index in [4.69, 9.17) is 9.90 Å². The zero-order valence-electron chi connectivity index (χ0n) is 24.7. The lowest BCUT2D eigenvalue weighted by Gasteiger charge is -2.33. The minimum absolute atomic E-state index is 0.348. The molecule has 2 rings (SSSR count). The van der Waals surface area contributed by atoms with Crippen LogP contribution in [0.25, 0.3) is 0 Å². The lowest BCUT2D eigenvalue weighted by Crippen LogP contribution is -2.43. The van der Waals surface area contributed by atoms with Gasteiger partial charge in [0.15, 0.2) is 0 Å². The average Bonchev–Trinajstić information content (AvgIpc) is 2.83. The number of hydrogen-bond donors (Lipinski definition) is 2.